The molecule has 0 aromatic heterocycles. The summed E-state index contributed by atoms with van der Waals surface area (Å²) in [5.41, 5.74) is 0. The Balaban J connectivity index is 1.98. The fourth-order valence-corrected chi connectivity index (χ4v) is 6.79. The maximum atomic E-state index is 2.51. The molecule has 0 nitrogen and oxygen atoms in total. The van der Waals surface area contributed by atoms with Crippen LogP contribution in [0.25, 0.3) is 0 Å². The van der Waals surface area contributed by atoms with E-state index >= 15 is 0 Å². The Morgan fingerprint density at radius 2 is 1.33 bits per heavy atom. The molecule has 0 unspecified atom stereocenters. The predicted octanol–water partition coefficient (Wildman–Crippen LogP) is 3.46. The van der Waals surface area contributed by atoms with Crippen LogP contribution in [0, 0.1) is 11.8 Å². The van der Waals surface area contributed by atoms with E-state index in [0.29, 0.717) is 9.49 Å². The first-order chi connectivity index (χ1) is 5.57. The Labute approximate surface area is 79.5 Å². The van der Waals surface area contributed by atoms with Crippen LogP contribution in [-0.4, -0.2) is 9.49 Å². The van der Waals surface area contributed by atoms with Gasteiger partial charge in [0.05, 0.1) is 0 Å². The summed E-state index contributed by atoms with van der Waals surface area (Å²) in [5, 5.41) is 0. The Kier molecular flexibility index (Phi) is 1.32. The van der Waals surface area contributed by atoms with Crippen molar-refractivity contribution in [2.45, 2.75) is 55.4 Å². The van der Waals surface area contributed by atoms with Gasteiger partial charge in [0.25, 0.3) is 0 Å². The van der Waals surface area contributed by atoms with Gasteiger partial charge in [-0.2, -0.15) is 0 Å². The summed E-state index contributed by atoms with van der Waals surface area (Å²) >= 11 is 2.31. The van der Waals surface area contributed by atoms with Gasteiger partial charge in [0, 0.05) is 9.49 Å². The zero-order chi connectivity index (χ0) is 8.40. The normalized spacial score (nSPS) is 62.5. The van der Waals surface area contributed by atoms with E-state index in [9.17, 15) is 0 Å². The van der Waals surface area contributed by atoms with Crippen molar-refractivity contribution < 1.29 is 0 Å². The Morgan fingerprint density at radius 3 is 1.67 bits per heavy atom. The van der Waals surface area contributed by atoms with Crippen LogP contribution in [0.1, 0.15) is 46.0 Å². The van der Waals surface area contributed by atoms with Crippen LogP contribution in [0.15, 0.2) is 0 Å². The summed E-state index contributed by atoms with van der Waals surface area (Å²) in [4.78, 5) is 0. The average Bonchev–Trinajstić information content (AvgIpc) is 1.75. The van der Waals surface area contributed by atoms with Crippen molar-refractivity contribution in [1.29, 1.82) is 0 Å². The minimum atomic E-state index is 0.679. The van der Waals surface area contributed by atoms with Crippen LogP contribution in [0.4, 0.5) is 0 Å². The molecule has 2 saturated heterocycles. The lowest BCUT2D eigenvalue weighted by atomic mass is 9.64. The predicted molar refractivity (Wildman–Crippen MR) is 54.5 cm³/mol. The standard InChI is InChI=1S/C11H18S/c1-10-4-8-3-9(5-10)7-11(2,6-8)12-10/h8-9H,3-7H2,1-2H3. The summed E-state index contributed by atoms with van der Waals surface area (Å²) in [6.45, 7) is 5.01. The molecule has 4 aliphatic rings. The highest BCUT2D eigenvalue weighted by molar-refractivity contribution is 8.02. The third-order valence-electron chi connectivity index (χ3n) is 4.04. The topological polar surface area (TPSA) is 0 Å². The second-order valence-corrected chi connectivity index (χ2v) is 7.96. The first kappa shape index (κ1) is 7.73. The number of rotatable bonds is 0. The average molecular weight is 182 g/mol. The lowest BCUT2D eigenvalue weighted by Gasteiger charge is -2.59. The van der Waals surface area contributed by atoms with Crippen molar-refractivity contribution >= 4 is 11.8 Å². The number of hydrogen-bond donors (Lipinski definition) is 0. The molecule has 2 aliphatic heterocycles. The van der Waals surface area contributed by atoms with Crippen LogP contribution >= 0.6 is 11.8 Å². The highest BCUT2D eigenvalue weighted by atomic mass is 32.2. The SMILES string of the molecule is CC12CC3CC(C1)CC(C)(C3)S2. The van der Waals surface area contributed by atoms with Gasteiger partial charge < -0.3 is 0 Å². The largest absolute Gasteiger partial charge is 0.149 e. The van der Waals surface area contributed by atoms with E-state index < -0.39 is 0 Å². The zero-order valence-electron chi connectivity index (χ0n) is 8.10. The first-order valence-electron chi connectivity index (χ1n) is 5.27. The molecule has 12 heavy (non-hydrogen) atoms. The molecule has 0 aromatic rings. The molecule has 0 amide bonds. The van der Waals surface area contributed by atoms with E-state index in [0.717, 1.165) is 11.8 Å². The van der Waals surface area contributed by atoms with Gasteiger partial charge in [0.1, 0.15) is 0 Å². The van der Waals surface area contributed by atoms with E-state index in [1.807, 2.05) is 0 Å². The minimum absolute atomic E-state index is 0.679. The summed E-state index contributed by atoms with van der Waals surface area (Å²) in [6.07, 6.45) is 7.63. The molecular formula is C11H18S. The molecule has 4 rings (SSSR count). The second kappa shape index (κ2) is 2.05. The van der Waals surface area contributed by atoms with Crippen molar-refractivity contribution in [3.8, 4) is 0 Å². The summed E-state index contributed by atoms with van der Waals surface area (Å²) < 4.78 is 1.36. The van der Waals surface area contributed by atoms with Crippen LogP contribution in [-0.2, 0) is 0 Å². The van der Waals surface area contributed by atoms with Gasteiger partial charge in [-0.3, -0.25) is 0 Å². The summed E-state index contributed by atoms with van der Waals surface area (Å²) in [5.74, 6) is 2.18. The zero-order valence-corrected chi connectivity index (χ0v) is 8.91. The Morgan fingerprint density at radius 1 is 0.917 bits per heavy atom. The summed E-state index contributed by atoms with van der Waals surface area (Å²) in [6, 6.07) is 0. The fraction of sp³-hybridized carbons (Fsp3) is 1.00. The molecule has 68 valence electrons. The smallest absolute Gasteiger partial charge is 0.0142 e. The second-order valence-electron chi connectivity index (χ2n) is 5.79. The van der Waals surface area contributed by atoms with Crippen LogP contribution < -0.4 is 0 Å². The van der Waals surface area contributed by atoms with Crippen LogP contribution in [0.5, 0.6) is 0 Å². The molecule has 1 heteroatoms. The fourth-order valence-electron chi connectivity index (χ4n) is 4.32. The lowest BCUT2D eigenvalue weighted by Crippen LogP contribution is -2.52. The Bertz CT molecular complexity index is 187. The molecule has 4 bridgehead atoms. The van der Waals surface area contributed by atoms with Gasteiger partial charge >= 0.3 is 0 Å². The van der Waals surface area contributed by atoms with Crippen LogP contribution in [0.2, 0.25) is 0 Å². The van der Waals surface area contributed by atoms with Crippen molar-refractivity contribution in [3.05, 3.63) is 0 Å². The van der Waals surface area contributed by atoms with Gasteiger partial charge in [-0.1, -0.05) is 13.8 Å². The van der Waals surface area contributed by atoms with Gasteiger partial charge in [-0.15, -0.1) is 11.8 Å². The summed E-state index contributed by atoms with van der Waals surface area (Å²) in [7, 11) is 0. The maximum Gasteiger partial charge on any atom is 0.0142 e. The highest BCUT2D eigenvalue weighted by Crippen LogP contribution is 2.64. The molecule has 0 spiro atoms. The van der Waals surface area contributed by atoms with Crippen molar-refractivity contribution in [1.82, 2.24) is 0 Å². The van der Waals surface area contributed by atoms with E-state index in [-0.39, 0.29) is 0 Å². The van der Waals surface area contributed by atoms with Crippen molar-refractivity contribution in [2.24, 2.45) is 11.8 Å². The van der Waals surface area contributed by atoms with Gasteiger partial charge in [-0.05, 0) is 43.9 Å². The molecule has 0 atom stereocenters. The maximum absolute atomic E-state index is 2.51. The lowest BCUT2D eigenvalue weighted by molar-refractivity contribution is 0.117. The minimum Gasteiger partial charge on any atom is -0.149 e. The van der Waals surface area contributed by atoms with Crippen molar-refractivity contribution in [2.75, 3.05) is 0 Å². The highest BCUT2D eigenvalue weighted by Gasteiger charge is 2.54. The third-order valence-corrected chi connectivity index (χ3v) is 5.69. The van der Waals surface area contributed by atoms with Gasteiger partial charge in [-0.25, -0.2) is 0 Å². The Hall–Kier alpha value is 0.350. The molecule has 2 saturated carbocycles. The number of thioether (sulfide) groups is 1. The van der Waals surface area contributed by atoms with Crippen LogP contribution in [0.3, 0.4) is 0 Å². The molecule has 2 aliphatic carbocycles. The van der Waals surface area contributed by atoms with Gasteiger partial charge in [0.15, 0.2) is 0 Å². The molecule has 0 radical (unpaired) electrons. The van der Waals surface area contributed by atoms with Crippen molar-refractivity contribution in [3.63, 3.8) is 0 Å². The van der Waals surface area contributed by atoms with E-state index in [1.54, 1.807) is 6.42 Å². The van der Waals surface area contributed by atoms with E-state index in [1.165, 1.54) is 25.7 Å². The molecular weight excluding hydrogens is 164 g/mol. The monoisotopic (exact) mass is 182 g/mol. The molecule has 0 N–H and O–H groups in total. The van der Waals surface area contributed by atoms with Gasteiger partial charge in [0.2, 0.25) is 0 Å². The number of hydrogen-bond acceptors (Lipinski definition) is 1. The quantitative estimate of drug-likeness (QED) is 0.553. The molecule has 0 aromatic carbocycles. The van der Waals surface area contributed by atoms with E-state index in [4.69, 9.17) is 0 Å². The molecule has 2 heterocycles. The first-order valence-corrected chi connectivity index (χ1v) is 6.09. The molecule has 4 fully saturated rings. The van der Waals surface area contributed by atoms with E-state index in [2.05, 4.69) is 25.6 Å². The third kappa shape index (κ3) is 0.982.